The van der Waals surface area contributed by atoms with Gasteiger partial charge in [0.25, 0.3) is 5.91 Å². The van der Waals surface area contributed by atoms with Gasteiger partial charge in [-0.25, -0.2) is 4.79 Å². The fourth-order valence-corrected chi connectivity index (χ4v) is 11.2. The predicted molar refractivity (Wildman–Crippen MR) is 278 cm³/mol. The summed E-state index contributed by atoms with van der Waals surface area (Å²) >= 11 is 0. The Morgan fingerprint density at radius 3 is 2.26 bits per heavy atom. The van der Waals surface area contributed by atoms with Gasteiger partial charge in [-0.1, -0.05) is 156 Å². The lowest BCUT2D eigenvalue weighted by Gasteiger charge is -2.59. The molecule has 4 aromatic carbocycles. The van der Waals surface area contributed by atoms with E-state index in [4.69, 9.17) is 24.2 Å². The summed E-state index contributed by atoms with van der Waals surface area (Å²) in [6.07, 6.45) is 20.4. The lowest BCUT2D eigenvalue weighted by Crippen LogP contribution is -2.69. The molecule has 70 heavy (non-hydrogen) atoms. The van der Waals surface area contributed by atoms with Gasteiger partial charge in [0.1, 0.15) is 24.1 Å². The van der Waals surface area contributed by atoms with Crippen molar-refractivity contribution in [1.29, 1.82) is 0 Å². The smallest absolute Gasteiger partial charge is 0.412 e. The van der Waals surface area contributed by atoms with Crippen LogP contribution in [0.3, 0.4) is 0 Å². The summed E-state index contributed by atoms with van der Waals surface area (Å²) in [6, 6.07) is 28.6. The van der Waals surface area contributed by atoms with Crippen LogP contribution in [0, 0.1) is 17.8 Å². The molecule has 376 valence electrons. The van der Waals surface area contributed by atoms with E-state index >= 15 is 0 Å². The molecule has 2 aliphatic carbocycles. The van der Waals surface area contributed by atoms with E-state index < -0.39 is 23.8 Å². The van der Waals surface area contributed by atoms with Crippen LogP contribution in [0.1, 0.15) is 143 Å². The number of nitrogens with one attached hydrogen (secondary N) is 1. The highest BCUT2D eigenvalue weighted by atomic mass is 16.7. The minimum absolute atomic E-state index is 0.0144. The molecular weight excluding hydrogens is 879 g/mol. The van der Waals surface area contributed by atoms with Crippen molar-refractivity contribution < 1.29 is 38.9 Å². The van der Waals surface area contributed by atoms with Gasteiger partial charge in [-0.05, 0) is 96.2 Å². The Hall–Kier alpha value is -5.49. The predicted octanol–water partition coefficient (Wildman–Crippen LogP) is 12.5. The summed E-state index contributed by atoms with van der Waals surface area (Å²) in [6.45, 7) is 7.42. The third kappa shape index (κ3) is 13.1. The fraction of sp³-hybridized carbons (Fsp3) is 0.508. The van der Waals surface area contributed by atoms with Gasteiger partial charge in [0.15, 0.2) is 0 Å². The highest BCUT2D eigenvalue weighted by molar-refractivity contribution is 6.04. The monoisotopic (exact) mass is 956 g/mol. The van der Waals surface area contributed by atoms with Crippen molar-refractivity contribution in [3.05, 3.63) is 132 Å². The third-order valence-corrected chi connectivity index (χ3v) is 14.7. The topological polar surface area (TPSA) is 139 Å². The molecule has 6 atom stereocenters. The van der Waals surface area contributed by atoms with Gasteiger partial charge >= 0.3 is 6.09 Å². The summed E-state index contributed by atoms with van der Waals surface area (Å²) < 4.78 is 20.5. The number of aliphatic hydroxyl groups is 2. The first-order valence-electron chi connectivity index (χ1n) is 26.3. The maximum atomic E-state index is 15.0. The standard InChI is InChI=1S/C59H77N3O8/c1-4-6-7-8-9-10-11-12-13-21-34-60-58(66)69-48-32-33-53-51(40-48)55-49(29-20-23-36-64)46(28-19-22-35-63)39-50-52(61-68-42-43-24-15-14-16-25-43)41-54(59(70-53,56(50)55)67-37-5-2)62(3)57(65)47-31-30-44-26-17-18-27-45(44)38-47/h5,14-18,24-27,30-33,38-40,46,49,54-56,63-64H,2,4,6-13,19-23,28-29,34-37,41-42H2,1,3H3,(H,60,66). The molecule has 1 saturated carbocycles. The van der Waals surface area contributed by atoms with E-state index in [1.54, 1.807) is 17.0 Å². The maximum Gasteiger partial charge on any atom is 0.412 e. The van der Waals surface area contributed by atoms with Crippen molar-refractivity contribution in [2.45, 2.75) is 140 Å². The maximum absolute atomic E-state index is 15.0. The Bertz CT molecular complexity index is 2370. The molecule has 6 unspecified atom stereocenters. The number of ether oxygens (including phenoxy) is 3. The largest absolute Gasteiger partial charge is 0.459 e. The molecule has 11 nitrogen and oxygen atoms in total. The molecule has 0 radical (unpaired) electrons. The first-order chi connectivity index (χ1) is 34.3. The van der Waals surface area contributed by atoms with Crippen molar-refractivity contribution in [2.24, 2.45) is 22.9 Å². The second-order valence-corrected chi connectivity index (χ2v) is 19.5. The van der Waals surface area contributed by atoms with Crippen LogP contribution in [0.2, 0.25) is 0 Å². The van der Waals surface area contributed by atoms with E-state index in [0.29, 0.717) is 42.2 Å². The van der Waals surface area contributed by atoms with Crippen molar-refractivity contribution in [3.8, 4) is 11.5 Å². The lowest BCUT2D eigenvalue weighted by molar-refractivity contribution is -0.252. The Balaban J connectivity index is 1.26. The van der Waals surface area contributed by atoms with Gasteiger partial charge in [0.05, 0.1) is 18.2 Å². The molecule has 1 heterocycles. The quantitative estimate of drug-likeness (QED) is 0.0291. The number of allylic oxidation sites excluding steroid dienone is 1. The van der Waals surface area contributed by atoms with Gasteiger partial charge in [-0.15, -0.1) is 6.58 Å². The van der Waals surface area contributed by atoms with Crippen LogP contribution in [0.5, 0.6) is 11.5 Å². The van der Waals surface area contributed by atoms with Crippen molar-refractivity contribution in [1.82, 2.24) is 10.2 Å². The lowest BCUT2D eigenvalue weighted by atomic mass is 9.55. The van der Waals surface area contributed by atoms with Gasteiger partial charge in [-0.3, -0.25) is 4.79 Å². The highest BCUT2D eigenvalue weighted by Crippen LogP contribution is 2.62. The number of amides is 2. The van der Waals surface area contributed by atoms with E-state index in [0.717, 1.165) is 72.4 Å². The number of aliphatic hydroxyl groups excluding tert-OH is 2. The molecule has 4 aromatic rings. The van der Waals surface area contributed by atoms with Crippen LogP contribution in [0.25, 0.3) is 10.8 Å². The van der Waals surface area contributed by atoms with Crippen LogP contribution in [-0.2, 0) is 16.2 Å². The average molecular weight is 956 g/mol. The average Bonchev–Trinajstić information content (AvgIpc) is 3.38. The Morgan fingerprint density at radius 1 is 0.829 bits per heavy atom. The van der Waals surface area contributed by atoms with Crippen LogP contribution < -0.4 is 14.8 Å². The normalized spacial score (nSPS) is 21.8. The molecule has 3 N–H and O–H groups in total. The molecule has 0 aromatic heterocycles. The van der Waals surface area contributed by atoms with Crippen LogP contribution in [0.4, 0.5) is 4.79 Å². The zero-order valence-electron chi connectivity index (χ0n) is 41.7. The summed E-state index contributed by atoms with van der Waals surface area (Å²) in [5.74, 6) is -1.33. The molecule has 2 amide bonds. The molecule has 1 fully saturated rings. The number of hydrogen-bond donors (Lipinski definition) is 3. The van der Waals surface area contributed by atoms with E-state index in [1.807, 2.05) is 92.0 Å². The second kappa shape index (κ2) is 26.6. The van der Waals surface area contributed by atoms with E-state index in [-0.39, 0.29) is 56.5 Å². The SMILES string of the molecule is C=CCOC12Oc3ccc(OC(=O)NCCCCCCCCCCCC)cc3C3C(CCCCO)C(CCCCO)C=C(C(=NOCc4ccccc4)CC1N(C)C(=O)c1ccc4ccccc4c1)C32. The summed E-state index contributed by atoms with van der Waals surface area (Å²) in [4.78, 5) is 36.4. The Kier molecular flexibility index (Phi) is 19.9. The number of benzene rings is 4. The fourth-order valence-electron chi connectivity index (χ4n) is 11.2. The molecule has 7 rings (SSSR count). The number of carbonyl (C=O) groups excluding carboxylic acids is 2. The number of fused-ring (bicyclic) bond motifs is 3. The Labute approximate surface area is 416 Å². The first kappa shape index (κ1) is 52.3. The molecular formula is C59H77N3O8. The van der Waals surface area contributed by atoms with E-state index in [1.165, 1.54) is 44.9 Å². The van der Waals surface area contributed by atoms with Crippen molar-refractivity contribution in [2.75, 3.05) is 33.4 Å². The van der Waals surface area contributed by atoms with Crippen molar-refractivity contribution in [3.63, 3.8) is 0 Å². The van der Waals surface area contributed by atoms with E-state index in [9.17, 15) is 19.8 Å². The number of carbonyl (C=O) groups is 2. The van der Waals surface area contributed by atoms with Crippen molar-refractivity contribution >= 4 is 28.5 Å². The number of likely N-dealkylation sites (N-methyl/N-ethyl adjacent to an activating group) is 1. The second-order valence-electron chi connectivity index (χ2n) is 19.5. The van der Waals surface area contributed by atoms with Gasteiger partial charge in [-0.2, -0.15) is 0 Å². The number of rotatable bonds is 28. The third-order valence-electron chi connectivity index (χ3n) is 14.7. The molecule has 0 bridgehead atoms. The van der Waals surface area contributed by atoms with Gasteiger partial charge in [0, 0.05) is 50.3 Å². The molecule has 3 aliphatic rings. The molecule has 0 saturated heterocycles. The number of hydrogen-bond acceptors (Lipinski definition) is 9. The van der Waals surface area contributed by atoms with Crippen LogP contribution in [0.15, 0.2) is 120 Å². The minimum atomic E-state index is -1.42. The first-order valence-corrected chi connectivity index (χ1v) is 26.3. The molecule has 1 aliphatic heterocycles. The summed E-state index contributed by atoms with van der Waals surface area (Å²) in [7, 11) is 1.82. The summed E-state index contributed by atoms with van der Waals surface area (Å²) in [5.41, 5.74) is 4.03. The minimum Gasteiger partial charge on any atom is -0.459 e. The van der Waals surface area contributed by atoms with Crippen LogP contribution in [-0.4, -0.2) is 78.1 Å². The number of oxime groups is 1. The zero-order valence-corrected chi connectivity index (χ0v) is 41.7. The van der Waals surface area contributed by atoms with E-state index in [2.05, 4.69) is 24.9 Å². The molecule has 0 spiro atoms. The van der Waals surface area contributed by atoms with Crippen LogP contribution >= 0.6 is 0 Å². The Morgan fingerprint density at radius 2 is 1.53 bits per heavy atom. The van der Waals surface area contributed by atoms with Gasteiger partial charge < -0.3 is 39.5 Å². The number of nitrogens with zero attached hydrogens (tertiary/aromatic N) is 2. The zero-order chi connectivity index (χ0) is 49.1. The highest BCUT2D eigenvalue weighted by Gasteiger charge is 2.65. The van der Waals surface area contributed by atoms with Gasteiger partial charge in [0.2, 0.25) is 5.79 Å². The summed E-state index contributed by atoms with van der Waals surface area (Å²) in [5, 5.41) is 29.9. The number of unbranched alkanes of at least 4 members (excludes halogenated alkanes) is 11. The molecule has 11 heteroatoms.